The number of nitrogens with one attached hydrogen (secondary N) is 2. The number of rotatable bonds is 10. The van der Waals surface area contributed by atoms with Crippen LogP contribution < -0.4 is 26.5 Å². The fourth-order valence-electron chi connectivity index (χ4n) is 7.40. The molecule has 2 aliphatic rings. The minimum Gasteiger partial charge on any atom is -0.508 e. The summed E-state index contributed by atoms with van der Waals surface area (Å²) in [5.41, 5.74) is 4.63. The van der Waals surface area contributed by atoms with Gasteiger partial charge in [-0.3, -0.25) is 19.2 Å². The summed E-state index contributed by atoms with van der Waals surface area (Å²) < 4.78 is 10.7. The van der Waals surface area contributed by atoms with Crippen molar-refractivity contribution in [2.24, 2.45) is 0 Å². The smallest absolute Gasteiger partial charge is 0.263 e. The zero-order valence-electron chi connectivity index (χ0n) is 32.8. The second-order valence-electron chi connectivity index (χ2n) is 14.0. The highest BCUT2D eigenvalue weighted by Crippen LogP contribution is 2.39. The van der Waals surface area contributed by atoms with Crippen LogP contribution in [0, 0.1) is 0 Å². The fraction of sp³-hybridized carbons (Fsp3) is 0.217. The standard InChI is InChI=1S/C23H21BrN2O4.C21H17BrN2O3.C2H5ClO/c24-15-6-8-16(9-7-15)25-22(28)19-4-2-12-26(23(19)29)20-11-10-18-17(20)3-1-5-21(18)30-14-13-27;22-13-6-8-14(9-7-13)23-20(26)17-4-2-12-24(21(17)27)18-11-10-16-15(18)3-1-5-19(16)25;3-1-2-4/h1-9,12,20,27H,10-11,13-14H2,(H,25,28);1-9,12,18,25H,10-11H2,(H,23,26);4H,1-2H2. The van der Waals surface area contributed by atoms with Crippen LogP contribution in [0.15, 0.2) is 140 Å². The number of hydrogen-bond donors (Lipinski definition) is 5. The minimum atomic E-state index is -0.439. The summed E-state index contributed by atoms with van der Waals surface area (Å²) in [6.45, 7) is 0.260. The van der Waals surface area contributed by atoms with Crippen molar-refractivity contribution in [3.63, 3.8) is 0 Å². The van der Waals surface area contributed by atoms with Crippen LogP contribution in [0.1, 0.15) is 67.9 Å². The number of fused-ring (bicyclic) bond motifs is 2. The van der Waals surface area contributed by atoms with E-state index in [9.17, 15) is 24.3 Å². The van der Waals surface area contributed by atoms with Crippen molar-refractivity contribution in [3.05, 3.63) is 185 Å². The maximum atomic E-state index is 13.1. The Morgan fingerprint density at radius 2 is 1.11 bits per heavy atom. The number of hydrogen-bond acceptors (Lipinski definition) is 8. The summed E-state index contributed by atoms with van der Waals surface area (Å²) in [6.07, 6.45) is 6.34. The van der Waals surface area contributed by atoms with Crippen LogP contribution in [0.5, 0.6) is 11.5 Å². The first kappa shape index (κ1) is 45.0. The van der Waals surface area contributed by atoms with Gasteiger partial charge in [0.05, 0.1) is 25.3 Å². The summed E-state index contributed by atoms with van der Waals surface area (Å²) in [7, 11) is 0. The van der Waals surface area contributed by atoms with Gasteiger partial charge in [-0.2, -0.15) is 0 Å². The molecule has 0 bridgehead atoms. The van der Waals surface area contributed by atoms with Gasteiger partial charge in [-0.15, -0.1) is 11.6 Å². The van der Waals surface area contributed by atoms with Crippen molar-refractivity contribution in [2.45, 2.75) is 37.8 Å². The van der Waals surface area contributed by atoms with Gasteiger partial charge in [-0.1, -0.05) is 56.1 Å². The molecule has 0 aliphatic heterocycles. The monoisotopic (exact) mass is 972 g/mol. The predicted octanol–water partition coefficient (Wildman–Crippen LogP) is 8.09. The van der Waals surface area contributed by atoms with E-state index in [1.54, 1.807) is 76.1 Å². The molecule has 4 aromatic carbocycles. The van der Waals surface area contributed by atoms with E-state index in [2.05, 4.69) is 42.5 Å². The summed E-state index contributed by atoms with van der Waals surface area (Å²) in [5, 5.41) is 32.4. The van der Waals surface area contributed by atoms with Crippen LogP contribution in [-0.4, -0.2) is 62.0 Å². The number of aromatic hydroxyl groups is 1. The van der Waals surface area contributed by atoms with E-state index in [-0.39, 0.29) is 59.9 Å². The highest BCUT2D eigenvalue weighted by atomic mass is 79.9. The SMILES string of the molecule is O=C(Nc1ccc(Br)cc1)c1cccn(C2CCc3c(O)cccc32)c1=O.O=C(Nc1ccc(Br)cc1)c1cccn(C2CCc3c(OCCO)cccc32)c1=O.OCCCl. The Morgan fingerprint density at radius 1 is 0.656 bits per heavy atom. The maximum Gasteiger partial charge on any atom is 0.263 e. The molecule has 2 amide bonds. The molecule has 0 saturated carbocycles. The molecule has 2 heterocycles. The molecule has 0 fully saturated rings. The van der Waals surface area contributed by atoms with E-state index in [1.165, 1.54) is 6.07 Å². The first-order valence-corrected chi connectivity index (χ1v) is 21.6. The van der Waals surface area contributed by atoms with Crippen molar-refractivity contribution in [3.8, 4) is 11.5 Å². The molecule has 15 heteroatoms. The summed E-state index contributed by atoms with van der Waals surface area (Å²) in [4.78, 5) is 51.4. The zero-order chi connectivity index (χ0) is 43.5. The van der Waals surface area contributed by atoms with E-state index in [4.69, 9.17) is 26.6 Å². The number of carbonyl (C=O) groups excluding carboxylic acids is 2. The third-order valence-corrected chi connectivity index (χ3v) is 11.4. The number of halogens is 3. The van der Waals surface area contributed by atoms with Gasteiger partial charge < -0.3 is 39.8 Å². The van der Waals surface area contributed by atoms with Crippen LogP contribution in [0.25, 0.3) is 0 Å². The molecule has 2 unspecified atom stereocenters. The van der Waals surface area contributed by atoms with Gasteiger partial charge in [0, 0.05) is 38.6 Å². The number of aliphatic hydroxyl groups excluding tert-OH is 2. The lowest BCUT2D eigenvalue weighted by atomic mass is 10.1. The molecular weight excluding hydrogens is 932 g/mol. The van der Waals surface area contributed by atoms with Crippen LogP contribution in [0.2, 0.25) is 0 Å². The van der Waals surface area contributed by atoms with Gasteiger partial charge in [0.2, 0.25) is 0 Å². The Balaban J connectivity index is 0.000000189. The van der Waals surface area contributed by atoms with E-state index < -0.39 is 11.8 Å². The normalized spacial score (nSPS) is 14.6. The number of phenolic OH excluding ortho intramolecular Hbond substituents is 1. The number of nitrogens with zero attached hydrogens (tertiary/aromatic N) is 2. The number of phenols is 1. The quantitative estimate of drug-likeness (QED) is 0.0858. The number of pyridine rings is 2. The topological polar surface area (TPSA) is 172 Å². The summed E-state index contributed by atoms with van der Waals surface area (Å²) >= 11 is 11.6. The van der Waals surface area contributed by atoms with Crippen LogP contribution in [0.3, 0.4) is 0 Å². The Kier molecular flexibility index (Phi) is 15.7. The van der Waals surface area contributed by atoms with Gasteiger partial charge in [0.25, 0.3) is 22.9 Å². The average molecular weight is 975 g/mol. The Hall–Kier alpha value is -5.51. The molecule has 2 aliphatic carbocycles. The largest absolute Gasteiger partial charge is 0.508 e. The molecule has 2 aromatic heterocycles. The van der Waals surface area contributed by atoms with Crippen molar-refractivity contribution in [2.75, 3.05) is 36.3 Å². The van der Waals surface area contributed by atoms with Crippen molar-refractivity contribution in [1.29, 1.82) is 0 Å². The summed E-state index contributed by atoms with van der Waals surface area (Å²) in [6, 6.07) is 31.6. The number of aromatic nitrogens is 2. The fourth-order valence-corrected chi connectivity index (χ4v) is 7.93. The lowest BCUT2D eigenvalue weighted by molar-refractivity contribution is 0.101. The maximum absolute atomic E-state index is 13.1. The second-order valence-corrected chi connectivity index (χ2v) is 16.2. The van der Waals surface area contributed by atoms with Crippen molar-refractivity contribution >= 4 is 66.6 Å². The average Bonchev–Trinajstić information content (AvgIpc) is 3.91. The zero-order valence-corrected chi connectivity index (χ0v) is 36.7. The summed E-state index contributed by atoms with van der Waals surface area (Å²) in [5.74, 6) is 0.467. The Bertz CT molecular complexity index is 2600. The number of carbonyl (C=O) groups is 2. The second kappa shape index (κ2) is 21.3. The van der Waals surface area contributed by atoms with Crippen LogP contribution in [0.4, 0.5) is 11.4 Å². The number of amides is 2. The molecule has 6 aromatic rings. The minimum absolute atomic E-state index is 0.0535. The van der Waals surface area contributed by atoms with E-state index in [0.717, 1.165) is 49.8 Å². The molecule has 8 rings (SSSR count). The molecule has 61 heavy (non-hydrogen) atoms. The van der Waals surface area contributed by atoms with Crippen LogP contribution >= 0.6 is 43.5 Å². The van der Waals surface area contributed by atoms with Crippen molar-refractivity contribution < 1.29 is 29.6 Å². The number of ether oxygens (including phenoxy) is 1. The molecule has 12 nitrogen and oxygen atoms in total. The Labute approximate surface area is 373 Å². The van der Waals surface area contributed by atoms with Crippen LogP contribution in [-0.2, 0) is 12.8 Å². The molecule has 316 valence electrons. The van der Waals surface area contributed by atoms with E-state index in [0.29, 0.717) is 30.1 Å². The van der Waals surface area contributed by atoms with Gasteiger partial charge in [-0.25, -0.2) is 0 Å². The lowest BCUT2D eigenvalue weighted by Gasteiger charge is -2.17. The van der Waals surface area contributed by atoms with Crippen molar-refractivity contribution in [1.82, 2.24) is 9.13 Å². The molecule has 2 atom stereocenters. The third kappa shape index (κ3) is 10.9. The molecule has 5 N–H and O–H groups in total. The van der Waals surface area contributed by atoms with Gasteiger partial charge in [0.1, 0.15) is 29.2 Å². The van der Waals surface area contributed by atoms with Gasteiger partial charge >= 0.3 is 0 Å². The number of benzene rings is 4. The first-order chi connectivity index (χ1) is 29.5. The highest BCUT2D eigenvalue weighted by molar-refractivity contribution is 9.10. The number of alkyl halides is 1. The molecule has 0 spiro atoms. The first-order valence-electron chi connectivity index (χ1n) is 19.4. The molecule has 0 saturated heterocycles. The van der Waals surface area contributed by atoms with E-state index >= 15 is 0 Å². The van der Waals surface area contributed by atoms with Gasteiger partial charge in [-0.05, 0) is 133 Å². The van der Waals surface area contributed by atoms with Gasteiger partial charge in [0.15, 0.2) is 0 Å². The van der Waals surface area contributed by atoms with E-state index in [1.807, 2.05) is 48.5 Å². The number of anilines is 2. The predicted molar refractivity (Wildman–Crippen MR) is 243 cm³/mol. The number of aliphatic hydroxyl groups is 2. The lowest BCUT2D eigenvalue weighted by Crippen LogP contribution is -2.31. The Morgan fingerprint density at radius 3 is 1.59 bits per heavy atom. The molecule has 0 radical (unpaired) electrons. The third-order valence-electron chi connectivity index (χ3n) is 10.2. The highest BCUT2D eigenvalue weighted by Gasteiger charge is 2.29. The molecular formula is C46H43Br2ClN4O8.